The van der Waals surface area contributed by atoms with Crippen molar-refractivity contribution in [2.45, 2.75) is 24.3 Å². The van der Waals surface area contributed by atoms with Gasteiger partial charge in [-0.2, -0.15) is 4.68 Å². The van der Waals surface area contributed by atoms with Crippen molar-refractivity contribution in [3.8, 4) is 11.4 Å². The van der Waals surface area contributed by atoms with E-state index in [-0.39, 0.29) is 17.5 Å². The molecule has 2 aromatic carbocycles. The Labute approximate surface area is 153 Å². The minimum Gasteiger partial charge on any atom is -0.508 e. The van der Waals surface area contributed by atoms with Gasteiger partial charge in [-0.1, -0.05) is 17.8 Å². The zero-order chi connectivity index (χ0) is 18.7. The first-order valence-corrected chi connectivity index (χ1v) is 8.63. The fourth-order valence-corrected chi connectivity index (χ4v) is 2.94. The summed E-state index contributed by atoms with van der Waals surface area (Å²) in [6.07, 6.45) is 0. The number of aromatic hydroxyl groups is 1. The molecule has 1 unspecified atom stereocenters. The van der Waals surface area contributed by atoms with E-state index in [1.165, 1.54) is 34.6 Å². The summed E-state index contributed by atoms with van der Waals surface area (Å²) in [6.45, 7) is 3.36. The standard InChI is InChI=1S/C17H16FN5O2S/c1-10-3-4-12(9-15(10)18)19-16(25)11(2)26-17-20-21-22-23(17)13-5-7-14(24)8-6-13/h3-9,11,24H,1-2H3,(H,19,25). The minimum absolute atomic E-state index is 0.133. The monoisotopic (exact) mass is 373 g/mol. The van der Waals surface area contributed by atoms with E-state index < -0.39 is 5.25 Å². The number of amides is 1. The van der Waals surface area contributed by atoms with E-state index in [9.17, 15) is 14.3 Å². The van der Waals surface area contributed by atoms with Crippen LogP contribution in [-0.4, -0.2) is 36.5 Å². The van der Waals surface area contributed by atoms with E-state index in [1.807, 2.05) is 0 Å². The van der Waals surface area contributed by atoms with Crippen molar-refractivity contribution >= 4 is 23.4 Å². The van der Waals surface area contributed by atoms with Gasteiger partial charge >= 0.3 is 0 Å². The van der Waals surface area contributed by atoms with Crippen molar-refractivity contribution in [3.05, 3.63) is 53.8 Å². The molecule has 0 aliphatic rings. The number of hydrogen-bond acceptors (Lipinski definition) is 6. The van der Waals surface area contributed by atoms with Crippen LogP contribution in [0.15, 0.2) is 47.6 Å². The predicted molar refractivity (Wildman–Crippen MR) is 95.9 cm³/mol. The third-order valence-corrected chi connectivity index (χ3v) is 4.66. The van der Waals surface area contributed by atoms with Crippen LogP contribution in [0.5, 0.6) is 5.75 Å². The molecule has 1 aromatic heterocycles. The van der Waals surface area contributed by atoms with Gasteiger partial charge in [-0.05, 0) is 66.2 Å². The number of rotatable bonds is 5. The maximum absolute atomic E-state index is 13.6. The lowest BCUT2D eigenvalue weighted by atomic mass is 10.2. The topological polar surface area (TPSA) is 92.9 Å². The van der Waals surface area contributed by atoms with Crippen molar-refractivity contribution in [2.24, 2.45) is 0 Å². The first-order chi connectivity index (χ1) is 12.4. The van der Waals surface area contributed by atoms with E-state index >= 15 is 0 Å². The SMILES string of the molecule is Cc1ccc(NC(=O)C(C)Sc2nnnn2-c2ccc(O)cc2)cc1F. The summed E-state index contributed by atoms with van der Waals surface area (Å²) in [5.74, 6) is -0.535. The maximum Gasteiger partial charge on any atom is 0.237 e. The highest BCUT2D eigenvalue weighted by Gasteiger charge is 2.19. The molecule has 3 rings (SSSR count). The van der Waals surface area contributed by atoms with Gasteiger partial charge in [0.2, 0.25) is 11.1 Å². The smallest absolute Gasteiger partial charge is 0.237 e. The first kappa shape index (κ1) is 17.9. The van der Waals surface area contributed by atoms with Crippen LogP contribution in [0.4, 0.5) is 10.1 Å². The Hall–Kier alpha value is -2.94. The Balaban J connectivity index is 1.71. The molecule has 0 fully saturated rings. The molecule has 26 heavy (non-hydrogen) atoms. The van der Waals surface area contributed by atoms with Gasteiger partial charge in [0, 0.05) is 5.69 Å². The second-order valence-electron chi connectivity index (χ2n) is 5.60. The third-order valence-electron chi connectivity index (χ3n) is 3.63. The second kappa shape index (κ2) is 7.52. The van der Waals surface area contributed by atoms with Crippen molar-refractivity contribution in [2.75, 3.05) is 5.32 Å². The van der Waals surface area contributed by atoms with Gasteiger partial charge in [-0.3, -0.25) is 4.79 Å². The average Bonchev–Trinajstić information content (AvgIpc) is 3.07. The zero-order valence-electron chi connectivity index (χ0n) is 14.0. The number of nitrogens with zero attached hydrogens (tertiary/aromatic N) is 4. The summed E-state index contributed by atoms with van der Waals surface area (Å²) < 4.78 is 15.1. The normalized spacial score (nSPS) is 12.0. The van der Waals surface area contributed by atoms with Gasteiger partial charge in [-0.25, -0.2) is 4.39 Å². The van der Waals surface area contributed by atoms with Crippen LogP contribution >= 0.6 is 11.8 Å². The lowest BCUT2D eigenvalue weighted by molar-refractivity contribution is -0.115. The summed E-state index contributed by atoms with van der Waals surface area (Å²) in [5.41, 5.74) is 1.56. The van der Waals surface area contributed by atoms with Crippen molar-refractivity contribution in [1.82, 2.24) is 20.2 Å². The molecular formula is C17H16FN5O2S. The lowest BCUT2D eigenvalue weighted by Crippen LogP contribution is -2.23. The number of halogens is 1. The largest absolute Gasteiger partial charge is 0.508 e. The molecule has 1 atom stereocenters. The Morgan fingerprint density at radius 3 is 2.69 bits per heavy atom. The van der Waals surface area contributed by atoms with Gasteiger partial charge in [-0.15, -0.1) is 5.10 Å². The average molecular weight is 373 g/mol. The minimum atomic E-state index is -0.513. The number of aryl methyl sites for hydroxylation is 1. The molecule has 0 spiro atoms. The Kier molecular flexibility index (Phi) is 5.17. The summed E-state index contributed by atoms with van der Waals surface area (Å²) >= 11 is 1.17. The fourth-order valence-electron chi connectivity index (χ4n) is 2.13. The van der Waals surface area contributed by atoms with Gasteiger partial charge in [0.15, 0.2) is 0 Å². The number of phenols is 1. The molecule has 7 nitrogen and oxygen atoms in total. The molecule has 134 valence electrons. The van der Waals surface area contributed by atoms with E-state index in [1.54, 1.807) is 38.1 Å². The number of carbonyl (C=O) groups excluding carboxylic acids is 1. The van der Waals surface area contributed by atoms with Gasteiger partial charge in [0.05, 0.1) is 10.9 Å². The number of hydrogen-bond donors (Lipinski definition) is 2. The van der Waals surface area contributed by atoms with Crippen LogP contribution in [0.25, 0.3) is 5.69 Å². The van der Waals surface area contributed by atoms with Crippen molar-refractivity contribution in [1.29, 1.82) is 0 Å². The first-order valence-electron chi connectivity index (χ1n) is 7.75. The van der Waals surface area contributed by atoms with Crippen LogP contribution in [0.1, 0.15) is 12.5 Å². The van der Waals surface area contributed by atoms with E-state index in [4.69, 9.17) is 0 Å². The maximum atomic E-state index is 13.6. The highest BCUT2D eigenvalue weighted by molar-refractivity contribution is 8.00. The Morgan fingerprint density at radius 2 is 2.00 bits per heavy atom. The summed E-state index contributed by atoms with van der Waals surface area (Å²) in [5, 5.41) is 23.4. The summed E-state index contributed by atoms with van der Waals surface area (Å²) in [7, 11) is 0. The van der Waals surface area contributed by atoms with Crippen molar-refractivity contribution in [3.63, 3.8) is 0 Å². The van der Waals surface area contributed by atoms with Gasteiger partial charge in [0.25, 0.3) is 0 Å². The highest BCUT2D eigenvalue weighted by Crippen LogP contribution is 2.25. The lowest BCUT2D eigenvalue weighted by Gasteiger charge is -2.12. The number of aromatic nitrogens is 4. The fraction of sp³-hybridized carbons (Fsp3) is 0.176. The molecule has 0 aliphatic carbocycles. The van der Waals surface area contributed by atoms with Crippen LogP contribution in [0, 0.1) is 12.7 Å². The molecular weight excluding hydrogens is 357 g/mol. The van der Waals surface area contributed by atoms with Crippen molar-refractivity contribution < 1.29 is 14.3 Å². The molecule has 0 radical (unpaired) electrons. The number of tetrazole rings is 1. The molecule has 2 N–H and O–H groups in total. The molecule has 1 heterocycles. The molecule has 1 amide bonds. The Morgan fingerprint density at radius 1 is 1.27 bits per heavy atom. The molecule has 0 saturated carbocycles. The number of phenolic OH excluding ortho intramolecular Hbond substituents is 1. The van der Waals surface area contributed by atoms with Gasteiger partial charge < -0.3 is 10.4 Å². The van der Waals surface area contributed by atoms with E-state index in [2.05, 4.69) is 20.8 Å². The predicted octanol–water partition coefficient (Wildman–Crippen LogP) is 2.93. The number of anilines is 1. The number of carbonyl (C=O) groups is 1. The summed E-state index contributed by atoms with van der Waals surface area (Å²) in [6, 6.07) is 10.9. The van der Waals surface area contributed by atoms with E-state index in [0.717, 1.165) is 0 Å². The molecule has 0 bridgehead atoms. The molecule has 0 saturated heterocycles. The van der Waals surface area contributed by atoms with Crippen LogP contribution in [-0.2, 0) is 4.79 Å². The van der Waals surface area contributed by atoms with Crippen LogP contribution < -0.4 is 5.32 Å². The number of nitrogens with one attached hydrogen (secondary N) is 1. The third kappa shape index (κ3) is 3.99. The zero-order valence-corrected chi connectivity index (χ0v) is 14.9. The van der Waals surface area contributed by atoms with Gasteiger partial charge in [0.1, 0.15) is 11.6 Å². The molecule has 3 aromatic rings. The number of benzene rings is 2. The molecule has 9 heteroatoms. The van der Waals surface area contributed by atoms with Crippen LogP contribution in [0.3, 0.4) is 0 Å². The quantitative estimate of drug-likeness (QED) is 0.668. The Bertz CT molecular complexity index is 929. The second-order valence-corrected chi connectivity index (χ2v) is 6.91. The van der Waals surface area contributed by atoms with Crippen LogP contribution in [0.2, 0.25) is 0 Å². The number of thioether (sulfide) groups is 1. The summed E-state index contributed by atoms with van der Waals surface area (Å²) in [4.78, 5) is 12.4. The molecule has 0 aliphatic heterocycles. The highest BCUT2D eigenvalue weighted by atomic mass is 32.2. The van der Waals surface area contributed by atoms with E-state index in [0.29, 0.717) is 22.1 Å².